The highest BCUT2D eigenvalue weighted by atomic mass is 16.6. The van der Waals surface area contributed by atoms with Gasteiger partial charge in [0, 0.05) is 39.3 Å². The van der Waals surface area contributed by atoms with Crippen molar-refractivity contribution in [3.05, 3.63) is 0 Å². The van der Waals surface area contributed by atoms with Crippen LogP contribution in [0.3, 0.4) is 0 Å². The van der Waals surface area contributed by atoms with Crippen LogP contribution in [0.2, 0.25) is 0 Å². The van der Waals surface area contributed by atoms with E-state index in [1.165, 1.54) is 32.1 Å². The number of hydrogen-bond acceptors (Lipinski definition) is 5. The van der Waals surface area contributed by atoms with Gasteiger partial charge in [0.15, 0.2) is 0 Å². The molecule has 0 saturated carbocycles. The fourth-order valence-corrected chi connectivity index (χ4v) is 5.41. The summed E-state index contributed by atoms with van der Waals surface area (Å²) in [5, 5.41) is 0. The van der Waals surface area contributed by atoms with Gasteiger partial charge >= 0.3 is 6.09 Å². The van der Waals surface area contributed by atoms with Crippen LogP contribution in [0.4, 0.5) is 4.79 Å². The van der Waals surface area contributed by atoms with Gasteiger partial charge in [0.1, 0.15) is 0 Å². The average Bonchev–Trinajstić information content (AvgIpc) is 3.02. The van der Waals surface area contributed by atoms with Gasteiger partial charge in [0.25, 0.3) is 0 Å². The van der Waals surface area contributed by atoms with E-state index in [2.05, 4.69) is 9.80 Å². The Hall–Kier alpha value is -1.34. The van der Waals surface area contributed by atoms with E-state index in [0.717, 1.165) is 45.6 Å². The van der Waals surface area contributed by atoms with E-state index in [4.69, 9.17) is 4.74 Å². The number of hydrogen-bond donors (Lipinski definition) is 0. The van der Waals surface area contributed by atoms with E-state index in [1.54, 1.807) is 4.90 Å². The highest BCUT2D eigenvalue weighted by Gasteiger charge is 2.36. The number of amides is 2. The summed E-state index contributed by atoms with van der Waals surface area (Å²) in [5.74, 6) is 0.935. The third-order valence-electron chi connectivity index (χ3n) is 7.11. The van der Waals surface area contributed by atoms with Crippen molar-refractivity contribution in [1.29, 1.82) is 0 Å². The van der Waals surface area contributed by atoms with Crippen molar-refractivity contribution >= 4 is 12.0 Å². The standard InChI is InChI=1S/C22H40N4O3/c1-4-29-22(28)25-12-5-7-19(11-16-25)24-14-9-18(10-15-24)20-8-6-13-26(20)17-21(27)23(2)3/h18-20H,4-17H2,1-3H3. The molecule has 0 aromatic rings. The molecule has 0 aliphatic carbocycles. The lowest BCUT2D eigenvalue weighted by atomic mass is 9.87. The topological polar surface area (TPSA) is 56.3 Å². The van der Waals surface area contributed by atoms with Crippen LogP contribution in [0.25, 0.3) is 0 Å². The second-order valence-electron chi connectivity index (χ2n) is 9.11. The fourth-order valence-electron chi connectivity index (χ4n) is 5.41. The molecule has 0 aromatic carbocycles. The van der Waals surface area contributed by atoms with E-state index in [0.29, 0.717) is 31.2 Å². The zero-order chi connectivity index (χ0) is 20.8. The molecule has 0 radical (unpaired) electrons. The van der Waals surface area contributed by atoms with Crippen LogP contribution in [0.5, 0.6) is 0 Å². The lowest BCUT2D eigenvalue weighted by Gasteiger charge is -2.41. The maximum atomic E-state index is 12.2. The van der Waals surface area contributed by atoms with Crippen molar-refractivity contribution < 1.29 is 14.3 Å². The van der Waals surface area contributed by atoms with Gasteiger partial charge in [0.05, 0.1) is 13.2 Å². The first kappa shape index (κ1) is 22.3. The molecule has 3 aliphatic heterocycles. The number of likely N-dealkylation sites (N-methyl/N-ethyl adjacent to an activating group) is 1. The molecular weight excluding hydrogens is 368 g/mol. The summed E-state index contributed by atoms with van der Waals surface area (Å²) in [6.07, 6.45) is 8.06. The summed E-state index contributed by atoms with van der Waals surface area (Å²) in [6, 6.07) is 1.17. The molecule has 3 rings (SSSR count). The monoisotopic (exact) mass is 408 g/mol. The number of rotatable bonds is 5. The van der Waals surface area contributed by atoms with Crippen LogP contribution in [0.1, 0.15) is 51.9 Å². The molecule has 2 amide bonds. The van der Waals surface area contributed by atoms with Gasteiger partial charge < -0.3 is 19.4 Å². The molecule has 2 unspecified atom stereocenters. The van der Waals surface area contributed by atoms with Gasteiger partial charge in [-0.3, -0.25) is 9.69 Å². The van der Waals surface area contributed by atoms with E-state index in [9.17, 15) is 9.59 Å². The summed E-state index contributed by atoms with van der Waals surface area (Å²) in [6.45, 7) is 7.90. The predicted molar refractivity (Wildman–Crippen MR) is 114 cm³/mol. The molecule has 3 fully saturated rings. The van der Waals surface area contributed by atoms with Crippen molar-refractivity contribution in [2.45, 2.75) is 64.0 Å². The smallest absolute Gasteiger partial charge is 0.409 e. The molecule has 3 saturated heterocycles. The van der Waals surface area contributed by atoms with Crippen LogP contribution in [-0.4, -0.2) is 104 Å². The third kappa shape index (κ3) is 5.85. The molecule has 0 bridgehead atoms. The molecule has 3 heterocycles. The Balaban J connectivity index is 1.46. The Bertz CT molecular complexity index is 548. The van der Waals surface area contributed by atoms with Crippen molar-refractivity contribution in [3.8, 4) is 0 Å². The Morgan fingerprint density at radius 2 is 1.66 bits per heavy atom. The summed E-state index contributed by atoms with van der Waals surface area (Å²) < 4.78 is 5.18. The number of piperidine rings is 1. The van der Waals surface area contributed by atoms with Crippen LogP contribution in [-0.2, 0) is 9.53 Å². The van der Waals surface area contributed by atoms with Crippen LogP contribution in [0, 0.1) is 5.92 Å². The lowest BCUT2D eigenvalue weighted by molar-refractivity contribution is -0.130. The minimum Gasteiger partial charge on any atom is -0.450 e. The lowest BCUT2D eigenvalue weighted by Crippen LogP contribution is -2.48. The number of carbonyl (C=O) groups excluding carboxylic acids is 2. The summed E-state index contributed by atoms with van der Waals surface area (Å²) >= 11 is 0. The number of nitrogens with zero attached hydrogens (tertiary/aromatic N) is 4. The van der Waals surface area contributed by atoms with Crippen molar-refractivity contribution in [2.75, 3.05) is 60.0 Å². The number of carbonyl (C=O) groups is 2. The van der Waals surface area contributed by atoms with Gasteiger partial charge in [-0.05, 0) is 77.4 Å². The van der Waals surface area contributed by atoms with E-state index in [1.807, 2.05) is 25.9 Å². The second kappa shape index (κ2) is 10.6. The minimum absolute atomic E-state index is 0.152. The van der Waals surface area contributed by atoms with Crippen LogP contribution < -0.4 is 0 Å². The Morgan fingerprint density at radius 3 is 2.34 bits per heavy atom. The summed E-state index contributed by atoms with van der Waals surface area (Å²) in [4.78, 5) is 32.9. The molecule has 0 spiro atoms. The van der Waals surface area contributed by atoms with Gasteiger partial charge in [-0.25, -0.2) is 4.79 Å². The molecule has 29 heavy (non-hydrogen) atoms. The SMILES string of the molecule is CCOC(=O)N1CCCC(N2CCC(C3CCCN3CC(=O)N(C)C)CC2)CC1. The Kier molecular flexibility index (Phi) is 8.18. The first-order valence-electron chi connectivity index (χ1n) is 11.6. The Morgan fingerprint density at radius 1 is 0.931 bits per heavy atom. The molecule has 0 N–H and O–H groups in total. The maximum Gasteiger partial charge on any atom is 0.409 e. The molecule has 7 nitrogen and oxygen atoms in total. The zero-order valence-electron chi connectivity index (χ0n) is 18.6. The first-order valence-corrected chi connectivity index (χ1v) is 11.6. The van der Waals surface area contributed by atoms with E-state index < -0.39 is 0 Å². The molecule has 3 aliphatic rings. The first-order chi connectivity index (χ1) is 14.0. The number of ether oxygens (including phenoxy) is 1. The minimum atomic E-state index is -0.152. The largest absolute Gasteiger partial charge is 0.450 e. The van der Waals surface area contributed by atoms with Gasteiger partial charge in [-0.15, -0.1) is 0 Å². The molecule has 166 valence electrons. The van der Waals surface area contributed by atoms with Crippen LogP contribution >= 0.6 is 0 Å². The van der Waals surface area contributed by atoms with Gasteiger partial charge in [-0.2, -0.15) is 0 Å². The maximum absolute atomic E-state index is 12.2. The number of likely N-dealkylation sites (tertiary alicyclic amines) is 3. The molecular formula is C22H40N4O3. The highest BCUT2D eigenvalue weighted by molar-refractivity contribution is 5.77. The van der Waals surface area contributed by atoms with Crippen LogP contribution in [0.15, 0.2) is 0 Å². The molecule has 7 heteroatoms. The average molecular weight is 409 g/mol. The summed E-state index contributed by atoms with van der Waals surface area (Å²) in [5.41, 5.74) is 0. The normalized spacial score (nSPS) is 27.6. The zero-order valence-corrected chi connectivity index (χ0v) is 18.6. The Labute approximate surface area is 176 Å². The van der Waals surface area contributed by atoms with Crippen molar-refractivity contribution in [3.63, 3.8) is 0 Å². The van der Waals surface area contributed by atoms with Crippen molar-refractivity contribution in [1.82, 2.24) is 19.6 Å². The van der Waals surface area contributed by atoms with E-state index >= 15 is 0 Å². The molecule has 0 aromatic heterocycles. The van der Waals surface area contributed by atoms with Gasteiger partial charge in [0.2, 0.25) is 5.91 Å². The molecule has 2 atom stereocenters. The fraction of sp³-hybridized carbons (Fsp3) is 0.909. The van der Waals surface area contributed by atoms with Gasteiger partial charge in [-0.1, -0.05) is 0 Å². The second-order valence-corrected chi connectivity index (χ2v) is 9.11. The highest BCUT2D eigenvalue weighted by Crippen LogP contribution is 2.32. The summed E-state index contributed by atoms with van der Waals surface area (Å²) in [7, 11) is 3.70. The quantitative estimate of drug-likeness (QED) is 0.698. The van der Waals surface area contributed by atoms with Crippen molar-refractivity contribution in [2.24, 2.45) is 5.92 Å². The third-order valence-corrected chi connectivity index (χ3v) is 7.11. The van der Waals surface area contributed by atoms with E-state index in [-0.39, 0.29) is 12.0 Å². The predicted octanol–water partition coefficient (Wildman–Crippen LogP) is 2.26.